The Morgan fingerprint density at radius 2 is 1.91 bits per heavy atom. The van der Waals surface area contributed by atoms with Crippen molar-refractivity contribution in [1.29, 1.82) is 0 Å². The third kappa shape index (κ3) is 4.93. The van der Waals surface area contributed by atoms with Gasteiger partial charge < -0.3 is 15.7 Å². The van der Waals surface area contributed by atoms with E-state index in [9.17, 15) is 9.90 Å². The molecule has 0 bridgehead atoms. The Kier molecular flexibility index (Phi) is 5.92. The largest absolute Gasteiger partial charge is 0.508 e. The number of nitrogens with zero attached hydrogens (tertiary/aromatic N) is 1. The molecule has 3 N–H and O–H groups in total. The van der Waals surface area contributed by atoms with Crippen LogP contribution >= 0.6 is 0 Å². The third-order valence-electron chi connectivity index (χ3n) is 5.89. The van der Waals surface area contributed by atoms with E-state index in [-0.39, 0.29) is 11.5 Å². The van der Waals surface area contributed by atoms with Gasteiger partial charge in [0.1, 0.15) is 11.6 Å². The molecule has 5 nitrogen and oxygen atoms in total. The molecule has 1 aromatic heterocycles. The van der Waals surface area contributed by atoms with Crippen LogP contribution in [0.5, 0.6) is 5.75 Å². The van der Waals surface area contributed by atoms with Crippen LogP contribution in [0.3, 0.4) is 0 Å². The fraction of sp³-hybridized carbons (Fsp3) is 0.333. The Labute approximate surface area is 189 Å². The Morgan fingerprint density at radius 3 is 2.69 bits per heavy atom. The highest BCUT2D eigenvalue weighted by atomic mass is 16.3. The second-order valence-electron chi connectivity index (χ2n) is 9.84. The number of ketones is 1. The maximum atomic E-state index is 13.3. The smallest absolute Gasteiger partial charge is 0.173 e. The molecule has 0 spiro atoms. The van der Waals surface area contributed by atoms with Gasteiger partial charge in [-0.1, -0.05) is 39.0 Å². The number of rotatable bonds is 5. The molecule has 0 unspecified atom stereocenters. The molecule has 0 fully saturated rings. The summed E-state index contributed by atoms with van der Waals surface area (Å²) in [5.41, 5.74) is 6.47. The van der Waals surface area contributed by atoms with Crippen LogP contribution in [0, 0.1) is 12.3 Å². The maximum absolute atomic E-state index is 13.3. The second kappa shape index (κ2) is 8.65. The first-order valence-corrected chi connectivity index (χ1v) is 11.2. The van der Waals surface area contributed by atoms with Crippen LogP contribution in [0.4, 0.5) is 22.9 Å². The van der Waals surface area contributed by atoms with Crippen LogP contribution in [-0.4, -0.2) is 15.9 Å². The Balaban J connectivity index is 1.60. The first-order chi connectivity index (χ1) is 15.2. The fourth-order valence-electron chi connectivity index (χ4n) is 4.12. The van der Waals surface area contributed by atoms with Gasteiger partial charge >= 0.3 is 0 Å². The monoisotopic (exact) mass is 429 g/mol. The van der Waals surface area contributed by atoms with Crippen LogP contribution in [-0.2, 0) is 12.8 Å². The number of aromatic nitrogens is 1. The number of fused-ring (bicyclic) bond motifs is 2. The molecule has 0 aliphatic carbocycles. The summed E-state index contributed by atoms with van der Waals surface area (Å²) in [5.74, 6) is 0.748. The van der Waals surface area contributed by atoms with E-state index in [1.165, 1.54) is 12.0 Å². The number of nitrogens with one attached hydrogen (secondary N) is 2. The predicted molar refractivity (Wildman–Crippen MR) is 131 cm³/mol. The van der Waals surface area contributed by atoms with Crippen molar-refractivity contribution in [2.75, 3.05) is 10.6 Å². The predicted octanol–water partition coefficient (Wildman–Crippen LogP) is 6.69. The van der Waals surface area contributed by atoms with Gasteiger partial charge in [0.05, 0.1) is 11.3 Å². The molecule has 4 rings (SSSR count). The number of carbonyl (C=O) groups excluding carboxylic acids is 1. The first kappa shape index (κ1) is 21.9. The topological polar surface area (TPSA) is 74.2 Å². The van der Waals surface area contributed by atoms with Crippen LogP contribution in [0.2, 0.25) is 0 Å². The number of aryl methyl sites for hydroxylation is 2. The average Bonchev–Trinajstić information content (AvgIpc) is 2.85. The quantitative estimate of drug-likeness (QED) is 0.421. The summed E-state index contributed by atoms with van der Waals surface area (Å²) in [6, 6.07) is 13.3. The van der Waals surface area contributed by atoms with Crippen LogP contribution in [0.15, 0.2) is 48.7 Å². The van der Waals surface area contributed by atoms with Crippen molar-refractivity contribution in [3.8, 4) is 5.75 Å². The molecule has 2 heterocycles. The molecular formula is C27H31N3O2. The van der Waals surface area contributed by atoms with Crippen molar-refractivity contribution < 1.29 is 9.90 Å². The van der Waals surface area contributed by atoms with Gasteiger partial charge in [-0.05, 0) is 66.5 Å². The van der Waals surface area contributed by atoms with E-state index in [0.29, 0.717) is 28.9 Å². The minimum Gasteiger partial charge on any atom is -0.508 e. The zero-order valence-corrected chi connectivity index (χ0v) is 19.2. The van der Waals surface area contributed by atoms with Gasteiger partial charge in [0, 0.05) is 30.1 Å². The molecule has 3 aromatic rings. The van der Waals surface area contributed by atoms with Crippen molar-refractivity contribution in [3.05, 3.63) is 70.9 Å². The molecule has 2 aromatic carbocycles. The summed E-state index contributed by atoms with van der Waals surface area (Å²) in [7, 11) is 0. The van der Waals surface area contributed by atoms with Crippen LogP contribution in [0.1, 0.15) is 60.7 Å². The number of phenols is 1. The minimum absolute atomic E-state index is 0.0199. The molecule has 0 atom stereocenters. The van der Waals surface area contributed by atoms with Crippen molar-refractivity contribution in [2.45, 2.75) is 53.4 Å². The number of carbonyl (C=O) groups is 1. The summed E-state index contributed by atoms with van der Waals surface area (Å²) in [5, 5.41) is 16.6. The lowest BCUT2D eigenvalue weighted by molar-refractivity contribution is 0.0995. The summed E-state index contributed by atoms with van der Waals surface area (Å²) < 4.78 is 0. The number of phenolic OH excluding ortho intramolecular Hbond substituents is 1. The highest BCUT2D eigenvalue weighted by molar-refractivity contribution is 6.09. The van der Waals surface area contributed by atoms with Crippen LogP contribution < -0.4 is 10.6 Å². The third-order valence-corrected chi connectivity index (χ3v) is 5.89. The lowest BCUT2D eigenvalue weighted by Crippen LogP contribution is -2.08. The fourth-order valence-corrected chi connectivity index (χ4v) is 4.12. The normalized spacial score (nSPS) is 13.1. The van der Waals surface area contributed by atoms with E-state index in [1.807, 2.05) is 13.0 Å². The number of Topliss-reactive ketones (excluding diaryl/α,β-unsaturated/α-hetero) is 1. The van der Waals surface area contributed by atoms with Gasteiger partial charge in [-0.3, -0.25) is 4.79 Å². The second-order valence-corrected chi connectivity index (χ2v) is 9.84. The summed E-state index contributed by atoms with van der Waals surface area (Å²) >= 11 is 0. The molecule has 32 heavy (non-hydrogen) atoms. The lowest BCUT2D eigenvalue weighted by atomic mass is 9.88. The molecule has 0 amide bonds. The van der Waals surface area contributed by atoms with E-state index < -0.39 is 0 Å². The first-order valence-electron chi connectivity index (χ1n) is 11.2. The summed E-state index contributed by atoms with van der Waals surface area (Å²) in [6.45, 7) is 8.75. The van der Waals surface area contributed by atoms with Gasteiger partial charge in [-0.25, -0.2) is 4.98 Å². The number of pyridine rings is 1. The number of hydrogen-bond acceptors (Lipinski definition) is 5. The van der Waals surface area contributed by atoms with Gasteiger partial charge in [-0.15, -0.1) is 0 Å². The number of hydrogen-bond donors (Lipinski definition) is 3. The SMILES string of the molecule is Cc1ccc(O)cc1Nc1ccnc2c1C(=O)Cc1cc(CCCC(C)(C)C)ccc1N2. The van der Waals surface area contributed by atoms with Crippen molar-refractivity contribution in [2.24, 2.45) is 5.41 Å². The lowest BCUT2D eigenvalue weighted by Gasteiger charge is -2.18. The summed E-state index contributed by atoms with van der Waals surface area (Å²) in [6.07, 6.45) is 5.31. The molecule has 0 saturated heterocycles. The highest BCUT2D eigenvalue weighted by Crippen LogP contribution is 2.35. The molecule has 1 aliphatic rings. The number of anilines is 4. The molecule has 1 aliphatic heterocycles. The van der Waals surface area contributed by atoms with Crippen molar-refractivity contribution >= 4 is 28.7 Å². The average molecular weight is 430 g/mol. The zero-order chi connectivity index (χ0) is 22.9. The maximum Gasteiger partial charge on any atom is 0.173 e. The molecule has 0 radical (unpaired) electrons. The van der Waals surface area contributed by atoms with Gasteiger partial charge in [-0.2, -0.15) is 0 Å². The Morgan fingerprint density at radius 1 is 1.09 bits per heavy atom. The van der Waals surface area contributed by atoms with Gasteiger partial charge in [0.15, 0.2) is 5.78 Å². The van der Waals surface area contributed by atoms with Crippen molar-refractivity contribution in [1.82, 2.24) is 4.98 Å². The van der Waals surface area contributed by atoms with E-state index in [1.54, 1.807) is 24.4 Å². The summed E-state index contributed by atoms with van der Waals surface area (Å²) in [4.78, 5) is 17.8. The number of benzene rings is 2. The van der Waals surface area contributed by atoms with E-state index in [0.717, 1.165) is 35.3 Å². The van der Waals surface area contributed by atoms with Crippen LogP contribution in [0.25, 0.3) is 0 Å². The van der Waals surface area contributed by atoms with E-state index in [2.05, 4.69) is 54.6 Å². The molecule has 166 valence electrons. The highest BCUT2D eigenvalue weighted by Gasteiger charge is 2.24. The molecule has 0 saturated carbocycles. The van der Waals surface area contributed by atoms with Crippen molar-refractivity contribution in [3.63, 3.8) is 0 Å². The Bertz CT molecular complexity index is 1160. The molecule has 5 heteroatoms. The zero-order valence-electron chi connectivity index (χ0n) is 19.2. The van der Waals surface area contributed by atoms with Gasteiger partial charge in [0.2, 0.25) is 0 Å². The standard InChI is InChI=1S/C27H31N3O2/c1-17-7-9-20(31)16-23(17)29-22-11-13-28-26-25(22)24(32)15-19-14-18(8-10-21(19)30-26)6-5-12-27(2,3)4/h7-11,13-14,16,31H,5-6,12,15H2,1-4H3,(H2,28,29,30). The van der Waals surface area contributed by atoms with Gasteiger partial charge in [0.25, 0.3) is 0 Å². The number of aromatic hydroxyl groups is 1. The molecular weight excluding hydrogens is 398 g/mol. The van der Waals surface area contributed by atoms with E-state index >= 15 is 0 Å². The minimum atomic E-state index is 0.0199. The van der Waals surface area contributed by atoms with E-state index in [4.69, 9.17) is 0 Å². The Hall–Kier alpha value is -3.34.